The third kappa shape index (κ3) is 6.42. The maximum Gasteiger partial charge on any atom is 0.310 e. The first-order valence-electron chi connectivity index (χ1n) is 11.3. The lowest BCUT2D eigenvalue weighted by Gasteiger charge is -2.09. The first-order chi connectivity index (χ1) is 17.2. The van der Waals surface area contributed by atoms with Gasteiger partial charge in [-0.2, -0.15) is 0 Å². The second-order valence-corrected chi connectivity index (χ2v) is 8.33. The number of carboxylic acids is 2. The second-order valence-electron chi connectivity index (χ2n) is 8.33. The fourth-order valence-corrected chi connectivity index (χ4v) is 3.59. The summed E-state index contributed by atoms with van der Waals surface area (Å²) in [6, 6.07) is 27.5. The van der Waals surface area contributed by atoms with Gasteiger partial charge in [0.15, 0.2) is 0 Å². The van der Waals surface area contributed by atoms with E-state index in [1.54, 1.807) is 38.1 Å². The van der Waals surface area contributed by atoms with E-state index >= 15 is 0 Å². The molecule has 0 aliphatic carbocycles. The van der Waals surface area contributed by atoms with Crippen molar-refractivity contribution in [2.45, 2.75) is 25.7 Å². The van der Waals surface area contributed by atoms with Crippen molar-refractivity contribution in [3.05, 3.63) is 120 Å². The number of hydrogen-bond acceptors (Lipinski definition) is 2. The van der Waals surface area contributed by atoms with E-state index in [4.69, 9.17) is 10.2 Å². The largest absolute Gasteiger partial charge is 0.481 e. The molecule has 4 rings (SSSR count). The van der Waals surface area contributed by atoms with Gasteiger partial charge in [0.05, 0.1) is 11.8 Å². The van der Waals surface area contributed by atoms with Crippen molar-refractivity contribution < 1.29 is 28.6 Å². The van der Waals surface area contributed by atoms with E-state index in [1.807, 2.05) is 60.7 Å². The highest BCUT2D eigenvalue weighted by Gasteiger charge is 2.17. The summed E-state index contributed by atoms with van der Waals surface area (Å²) in [5.74, 6) is -4.11. The van der Waals surface area contributed by atoms with E-state index in [2.05, 4.69) is 0 Å². The number of carbonyl (C=O) groups is 2. The van der Waals surface area contributed by atoms with E-state index in [9.17, 15) is 18.4 Å². The normalized spacial score (nSPS) is 12.1. The van der Waals surface area contributed by atoms with Crippen molar-refractivity contribution in [2.75, 3.05) is 0 Å². The van der Waals surface area contributed by atoms with E-state index in [-0.39, 0.29) is 0 Å². The molecule has 4 aromatic rings. The van der Waals surface area contributed by atoms with Crippen molar-refractivity contribution in [1.29, 1.82) is 0 Å². The first-order valence-corrected chi connectivity index (χ1v) is 11.3. The third-order valence-corrected chi connectivity index (χ3v) is 5.90. The number of hydrogen-bond donors (Lipinski definition) is 2. The number of rotatable bonds is 6. The molecule has 0 saturated carbocycles. The van der Waals surface area contributed by atoms with Gasteiger partial charge in [-0.1, -0.05) is 84.9 Å². The molecule has 0 fully saturated rings. The summed E-state index contributed by atoms with van der Waals surface area (Å²) >= 11 is 0. The second kappa shape index (κ2) is 11.9. The van der Waals surface area contributed by atoms with Crippen molar-refractivity contribution in [2.24, 2.45) is 0 Å². The Kier molecular flexibility index (Phi) is 8.68. The Balaban J connectivity index is 0.000000201. The first kappa shape index (κ1) is 26.3. The Morgan fingerprint density at radius 2 is 0.917 bits per heavy atom. The Labute approximate surface area is 208 Å². The zero-order valence-corrected chi connectivity index (χ0v) is 19.9. The zero-order valence-electron chi connectivity index (χ0n) is 19.9. The predicted molar refractivity (Wildman–Crippen MR) is 136 cm³/mol. The van der Waals surface area contributed by atoms with Crippen LogP contribution in [-0.4, -0.2) is 22.2 Å². The molecule has 0 aliphatic heterocycles. The zero-order chi connectivity index (χ0) is 26.2. The van der Waals surface area contributed by atoms with Gasteiger partial charge in [0.1, 0.15) is 11.6 Å². The monoisotopic (exact) mass is 488 g/mol. The predicted octanol–water partition coefficient (Wildman–Crippen LogP) is 7.36. The van der Waals surface area contributed by atoms with Gasteiger partial charge < -0.3 is 10.2 Å². The highest BCUT2D eigenvalue weighted by molar-refractivity contribution is 5.77. The molecule has 0 amide bonds. The summed E-state index contributed by atoms with van der Waals surface area (Å²) in [7, 11) is 0. The van der Waals surface area contributed by atoms with Gasteiger partial charge in [-0.3, -0.25) is 9.59 Å². The SMILES string of the molecule is C[C@H](C(=O)O)c1ccc(-c2ccccc2)c(F)c1.C[C@H](C(=O)O)c1ccc(-c2ccccc2)c(F)c1. The topological polar surface area (TPSA) is 74.6 Å². The average Bonchev–Trinajstić information content (AvgIpc) is 2.89. The Hall–Kier alpha value is -4.32. The van der Waals surface area contributed by atoms with Gasteiger partial charge in [-0.15, -0.1) is 0 Å². The van der Waals surface area contributed by atoms with Crippen molar-refractivity contribution in [1.82, 2.24) is 0 Å². The number of halogens is 2. The Morgan fingerprint density at radius 1 is 0.583 bits per heavy atom. The summed E-state index contributed by atoms with van der Waals surface area (Å²) in [6.45, 7) is 3.08. The van der Waals surface area contributed by atoms with Crippen LogP contribution in [0, 0.1) is 11.6 Å². The summed E-state index contributed by atoms with van der Waals surface area (Å²) < 4.78 is 27.9. The standard InChI is InChI=1S/2C15H13FO2/c2*1-10(15(17)18)12-7-8-13(14(16)9-12)11-5-3-2-4-6-11/h2*2-10H,1H3,(H,17,18)/t2*10-/m00/s1. The van der Waals surface area contributed by atoms with Gasteiger partial charge >= 0.3 is 11.9 Å². The number of aliphatic carboxylic acids is 2. The van der Waals surface area contributed by atoms with E-state index in [0.717, 1.165) is 11.1 Å². The molecule has 2 atom stereocenters. The Morgan fingerprint density at radius 3 is 1.19 bits per heavy atom. The lowest BCUT2D eigenvalue weighted by Crippen LogP contribution is -2.07. The van der Waals surface area contributed by atoms with E-state index < -0.39 is 35.4 Å². The lowest BCUT2D eigenvalue weighted by molar-refractivity contribution is -0.139. The minimum Gasteiger partial charge on any atom is -0.481 e. The maximum atomic E-state index is 14.0. The van der Waals surface area contributed by atoms with Crippen LogP contribution in [0.5, 0.6) is 0 Å². The van der Waals surface area contributed by atoms with Crippen LogP contribution in [0.15, 0.2) is 97.1 Å². The van der Waals surface area contributed by atoms with Crippen LogP contribution in [0.3, 0.4) is 0 Å². The molecule has 6 heteroatoms. The third-order valence-electron chi connectivity index (χ3n) is 5.90. The molecule has 4 nitrogen and oxygen atoms in total. The summed E-state index contributed by atoms with van der Waals surface area (Å²) in [6.07, 6.45) is 0. The summed E-state index contributed by atoms with van der Waals surface area (Å²) in [5.41, 5.74) is 3.47. The average molecular weight is 489 g/mol. The van der Waals surface area contributed by atoms with Crippen LogP contribution in [0.25, 0.3) is 22.3 Å². The van der Waals surface area contributed by atoms with Crippen molar-refractivity contribution in [3.8, 4) is 22.3 Å². The Bertz CT molecular complexity index is 1230. The molecule has 0 saturated heterocycles. The molecule has 0 spiro atoms. The van der Waals surface area contributed by atoms with Crippen molar-refractivity contribution in [3.63, 3.8) is 0 Å². The van der Waals surface area contributed by atoms with Crippen LogP contribution in [0.1, 0.15) is 36.8 Å². The number of carboxylic acid groups (broad SMARTS) is 2. The molecule has 184 valence electrons. The van der Waals surface area contributed by atoms with Crippen LogP contribution in [-0.2, 0) is 9.59 Å². The van der Waals surface area contributed by atoms with Gasteiger partial charge in [0.2, 0.25) is 0 Å². The fourth-order valence-electron chi connectivity index (χ4n) is 3.59. The van der Waals surface area contributed by atoms with Crippen LogP contribution < -0.4 is 0 Å². The van der Waals surface area contributed by atoms with E-state index in [1.165, 1.54) is 12.1 Å². The smallest absolute Gasteiger partial charge is 0.310 e. The van der Waals surface area contributed by atoms with Crippen LogP contribution >= 0.6 is 0 Å². The fraction of sp³-hybridized carbons (Fsp3) is 0.133. The van der Waals surface area contributed by atoms with Gasteiger partial charge in [-0.05, 0) is 48.2 Å². The molecule has 0 radical (unpaired) electrons. The van der Waals surface area contributed by atoms with E-state index in [0.29, 0.717) is 22.3 Å². The highest BCUT2D eigenvalue weighted by Crippen LogP contribution is 2.27. The van der Waals surface area contributed by atoms with Crippen LogP contribution in [0.2, 0.25) is 0 Å². The van der Waals surface area contributed by atoms with Gasteiger partial charge in [0.25, 0.3) is 0 Å². The molecule has 0 aliphatic rings. The van der Waals surface area contributed by atoms with Gasteiger partial charge in [0, 0.05) is 11.1 Å². The maximum absolute atomic E-state index is 14.0. The number of benzene rings is 4. The summed E-state index contributed by atoms with van der Waals surface area (Å²) in [4.78, 5) is 21.7. The minimum absolute atomic E-state index is 0.396. The molecule has 0 bridgehead atoms. The quantitative estimate of drug-likeness (QED) is 0.297. The molecule has 36 heavy (non-hydrogen) atoms. The summed E-state index contributed by atoms with van der Waals surface area (Å²) in [5, 5.41) is 17.8. The van der Waals surface area contributed by atoms with Crippen molar-refractivity contribution >= 4 is 11.9 Å². The highest BCUT2D eigenvalue weighted by atomic mass is 19.1. The molecular formula is C30H26F2O4. The molecular weight excluding hydrogens is 462 g/mol. The molecule has 2 N–H and O–H groups in total. The minimum atomic E-state index is -0.957. The van der Waals surface area contributed by atoms with Crippen LogP contribution in [0.4, 0.5) is 8.78 Å². The van der Waals surface area contributed by atoms with Gasteiger partial charge in [-0.25, -0.2) is 8.78 Å². The molecule has 0 aromatic heterocycles. The molecule has 0 heterocycles. The lowest BCUT2D eigenvalue weighted by atomic mass is 9.97. The molecule has 0 unspecified atom stereocenters. The molecule has 4 aromatic carbocycles.